The second kappa shape index (κ2) is 8.04. The van der Waals surface area contributed by atoms with Gasteiger partial charge in [0.25, 0.3) is 0 Å². The van der Waals surface area contributed by atoms with E-state index < -0.39 is 0 Å². The summed E-state index contributed by atoms with van der Waals surface area (Å²) in [6, 6.07) is 12.0. The number of unbranched alkanes of at least 4 members (excludes halogenated alkanes) is 5. The van der Waals surface area contributed by atoms with Crippen molar-refractivity contribution in [2.45, 2.75) is 52.0 Å². The minimum atomic E-state index is 0.508. The molecule has 0 saturated carbocycles. The molecule has 4 aromatic rings. The van der Waals surface area contributed by atoms with Gasteiger partial charge in [0.2, 0.25) is 0 Å². The number of hydrogen-bond donors (Lipinski definition) is 0. The maximum absolute atomic E-state index is 6.19. The fraction of sp³-hybridized carbons (Fsp3) is 0.364. The Balaban J connectivity index is 1.76. The van der Waals surface area contributed by atoms with Crippen molar-refractivity contribution in [2.75, 3.05) is 0 Å². The maximum atomic E-state index is 6.19. The van der Waals surface area contributed by atoms with Crippen LogP contribution in [0.2, 0.25) is 10.0 Å². The molecule has 2 heterocycles. The van der Waals surface area contributed by atoms with Gasteiger partial charge in [0.05, 0.1) is 26.6 Å². The Morgan fingerprint density at radius 3 is 2.30 bits per heavy atom. The SMILES string of the molecule is CCCCCCCCn1c2ccccc2c2nc3cc(Cl)c(Cl)cc3nc21. The summed E-state index contributed by atoms with van der Waals surface area (Å²) in [5, 5.41) is 2.16. The van der Waals surface area contributed by atoms with Gasteiger partial charge < -0.3 is 4.57 Å². The van der Waals surface area contributed by atoms with Crippen LogP contribution < -0.4 is 0 Å². The van der Waals surface area contributed by atoms with Gasteiger partial charge in [0.1, 0.15) is 5.52 Å². The first-order valence-electron chi connectivity index (χ1n) is 9.72. The number of benzene rings is 2. The van der Waals surface area contributed by atoms with Gasteiger partial charge in [-0.2, -0.15) is 0 Å². The van der Waals surface area contributed by atoms with Crippen molar-refractivity contribution in [3.8, 4) is 0 Å². The lowest BCUT2D eigenvalue weighted by molar-refractivity contribution is 0.570. The Bertz CT molecular complexity index is 1100. The smallest absolute Gasteiger partial charge is 0.160 e. The lowest BCUT2D eigenvalue weighted by atomic mass is 10.1. The number of hydrogen-bond acceptors (Lipinski definition) is 2. The second-order valence-electron chi connectivity index (χ2n) is 7.09. The Labute approximate surface area is 169 Å². The van der Waals surface area contributed by atoms with Crippen LogP contribution in [0.1, 0.15) is 45.4 Å². The van der Waals surface area contributed by atoms with Crippen LogP contribution in [0.3, 0.4) is 0 Å². The molecule has 5 heteroatoms. The summed E-state index contributed by atoms with van der Waals surface area (Å²) >= 11 is 12.4. The van der Waals surface area contributed by atoms with Crippen LogP contribution in [0, 0.1) is 0 Å². The van der Waals surface area contributed by atoms with Gasteiger partial charge in [-0.25, -0.2) is 9.97 Å². The average molecular weight is 400 g/mol. The summed E-state index contributed by atoms with van der Waals surface area (Å²) in [5.41, 5.74) is 4.61. The van der Waals surface area contributed by atoms with Crippen molar-refractivity contribution in [3.05, 3.63) is 46.4 Å². The molecule has 0 aliphatic rings. The number of halogens is 2. The van der Waals surface area contributed by atoms with Crippen LogP contribution in [0.5, 0.6) is 0 Å². The van der Waals surface area contributed by atoms with E-state index >= 15 is 0 Å². The van der Waals surface area contributed by atoms with Crippen molar-refractivity contribution < 1.29 is 0 Å². The van der Waals surface area contributed by atoms with Crippen molar-refractivity contribution in [1.82, 2.24) is 14.5 Å². The first-order chi connectivity index (χ1) is 13.2. The van der Waals surface area contributed by atoms with Crippen LogP contribution in [-0.2, 0) is 6.54 Å². The monoisotopic (exact) mass is 399 g/mol. The Kier molecular flexibility index (Phi) is 5.51. The molecule has 0 radical (unpaired) electrons. The highest BCUT2D eigenvalue weighted by Crippen LogP contribution is 2.31. The van der Waals surface area contributed by atoms with Crippen LogP contribution in [0.15, 0.2) is 36.4 Å². The van der Waals surface area contributed by atoms with Gasteiger partial charge in [-0.05, 0) is 24.6 Å². The topological polar surface area (TPSA) is 30.7 Å². The van der Waals surface area contributed by atoms with E-state index in [1.807, 2.05) is 0 Å². The van der Waals surface area contributed by atoms with Crippen LogP contribution in [0.25, 0.3) is 33.1 Å². The Morgan fingerprint density at radius 1 is 0.852 bits per heavy atom. The largest absolute Gasteiger partial charge is 0.324 e. The van der Waals surface area contributed by atoms with E-state index in [1.54, 1.807) is 12.1 Å². The van der Waals surface area contributed by atoms with Gasteiger partial charge in [-0.3, -0.25) is 0 Å². The minimum Gasteiger partial charge on any atom is -0.324 e. The molecule has 0 spiro atoms. The quantitative estimate of drug-likeness (QED) is 0.303. The highest BCUT2D eigenvalue weighted by Gasteiger charge is 2.15. The predicted molar refractivity (Wildman–Crippen MR) is 116 cm³/mol. The van der Waals surface area contributed by atoms with E-state index in [4.69, 9.17) is 33.2 Å². The lowest BCUT2D eigenvalue weighted by Crippen LogP contribution is -2.00. The van der Waals surface area contributed by atoms with E-state index in [1.165, 1.54) is 37.6 Å². The van der Waals surface area contributed by atoms with E-state index in [0.29, 0.717) is 10.0 Å². The van der Waals surface area contributed by atoms with Crippen molar-refractivity contribution in [2.24, 2.45) is 0 Å². The molecule has 27 heavy (non-hydrogen) atoms. The minimum absolute atomic E-state index is 0.508. The third-order valence-corrected chi connectivity index (χ3v) is 5.85. The summed E-state index contributed by atoms with van der Waals surface area (Å²) in [6.45, 7) is 3.21. The molecule has 0 atom stereocenters. The summed E-state index contributed by atoms with van der Waals surface area (Å²) in [6.07, 6.45) is 7.63. The molecule has 0 bridgehead atoms. The van der Waals surface area contributed by atoms with Crippen molar-refractivity contribution >= 4 is 56.3 Å². The number of aryl methyl sites for hydroxylation is 1. The highest BCUT2D eigenvalue weighted by atomic mass is 35.5. The van der Waals surface area contributed by atoms with Gasteiger partial charge in [0.15, 0.2) is 5.65 Å². The maximum Gasteiger partial charge on any atom is 0.160 e. The normalized spacial score (nSPS) is 11.8. The molecule has 2 aromatic carbocycles. The molecule has 0 unspecified atom stereocenters. The van der Waals surface area contributed by atoms with Crippen LogP contribution in [0.4, 0.5) is 0 Å². The Morgan fingerprint density at radius 2 is 1.52 bits per heavy atom. The van der Waals surface area contributed by atoms with Crippen molar-refractivity contribution in [1.29, 1.82) is 0 Å². The molecule has 0 amide bonds. The van der Waals surface area contributed by atoms with Gasteiger partial charge in [-0.15, -0.1) is 0 Å². The zero-order valence-corrected chi connectivity index (χ0v) is 17.0. The Hall–Kier alpha value is -1.84. The fourth-order valence-electron chi connectivity index (χ4n) is 3.71. The molecule has 2 aromatic heterocycles. The number of aromatic nitrogens is 3. The molecule has 140 valence electrons. The zero-order chi connectivity index (χ0) is 18.8. The van der Waals surface area contributed by atoms with E-state index in [9.17, 15) is 0 Å². The fourth-order valence-corrected chi connectivity index (χ4v) is 4.03. The van der Waals surface area contributed by atoms with Crippen LogP contribution >= 0.6 is 23.2 Å². The third-order valence-electron chi connectivity index (χ3n) is 5.13. The van der Waals surface area contributed by atoms with Gasteiger partial charge >= 0.3 is 0 Å². The van der Waals surface area contributed by atoms with Crippen LogP contribution in [-0.4, -0.2) is 14.5 Å². The van der Waals surface area contributed by atoms with E-state index in [-0.39, 0.29) is 0 Å². The molecule has 0 aliphatic carbocycles. The molecular weight excluding hydrogens is 377 g/mol. The highest BCUT2D eigenvalue weighted by molar-refractivity contribution is 6.42. The molecule has 0 fully saturated rings. The molecule has 3 nitrogen and oxygen atoms in total. The van der Waals surface area contributed by atoms with E-state index in [0.717, 1.165) is 40.5 Å². The molecule has 0 saturated heterocycles. The molecule has 0 N–H and O–H groups in total. The second-order valence-corrected chi connectivity index (χ2v) is 7.90. The summed E-state index contributed by atoms with van der Waals surface area (Å²) in [4.78, 5) is 9.77. The summed E-state index contributed by atoms with van der Waals surface area (Å²) < 4.78 is 2.30. The zero-order valence-electron chi connectivity index (χ0n) is 15.5. The summed E-state index contributed by atoms with van der Waals surface area (Å²) in [7, 11) is 0. The molecule has 4 rings (SSSR count). The first-order valence-corrected chi connectivity index (χ1v) is 10.5. The first kappa shape index (κ1) is 18.5. The van der Waals surface area contributed by atoms with E-state index in [2.05, 4.69) is 35.8 Å². The third kappa shape index (κ3) is 3.63. The average Bonchev–Trinajstić information content (AvgIpc) is 2.97. The lowest BCUT2D eigenvalue weighted by Gasteiger charge is -2.07. The van der Waals surface area contributed by atoms with Gasteiger partial charge in [0, 0.05) is 11.9 Å². The predicted octanol–water partition coefficient (Wildman–Crippen LogP) is 7.41. The number of fused-ring (bicyclic) bond motifs is 4. The van der Waals surface area contributed by atoms with Gasteiger partial charge in [-0.1, -0.05) is 80.4 Å². The van der Waals surface area contributed by atoms with Crippen molar-refractivity contribution in [3.63, 3.8) is 0 Å². The molecular formula is C22H23Cl2N3. The standard InChI is InChI=1S/C22H23Cl2N3/c1-2-3-4-5-6-9-12-27-20-11-8-7-10-15(20)21-22(27)26-19-14-17(24)16(23)13-18(19)25-21/h7-8,10-11,13-14H,2-6,9,12H2,1H3. The summed E-state index contributed by atoms with van der Waals surface area (Å²) in [5.74, 6) is 0. The molecule has 0 aliphatic heterocycles. The number of rotatable bonds is 7. The number of nitrogens with zero attached hydrogens (tertiary/aromatic N) is 3. The number of para-hydroxylation sites is 1.